The molecule has 0 saturated carbocycles. The van der Waals surface area contributed by atoms with E-state index in [1.54, 1.807) is 10.9 Å². The fourth-order valence-electron chi connectivity index (χ4n) is 3.13. The van der Waals surface area contributed by atoms with Gasteiger partial charge in [0.15, 0.2) is 11.6 Å². The smallest absolute Gasteiger partial charge is 0.153 e. The van der Waals surface area contributed by atoms with Crippen LogP contribution in [0.15, 0.2) is 41.1 Å². The molecular weight excluding hydrogens is 380 g/mol. The summed E-state index contributed by atoms with van der Waals surface area (Å²) in [5, 5.41) is 11.4. The predicted molar refractivity (Wildman–Crippen MR) is 89.1 cm³/mol. The first-order valence-electron chi connectivity index (χ1n) is 7.59. The number of aromatic amines is 1. The summed E-state index contributed by atoms with van der Waals surface area (Å²) in [7, 11) is 0. The summed E-state index contributed by atoms with van der Waals surface area (Å²) in [6.07, 6.45) is 5.15. The summed E-state index contributed by atoms with van der Waals surface area (Å²) in [5.41, 5.74) is 0.374. The molecule has 0 unspecified atom stereocenters. The number of anilines is 1. The Balaban J connectivity index is 1.66. The Labute approximate surface area is 145 Å². The molecule has 0 spiro atoms. The standard InChI is InChI=1S/C16H14BrF2N5/c17-10-8-20-24(9-10)16-7-15(21-22-16)23-5-1-2-14(23)12-6-11(18)3-4-13(12)19/h3-4,6-9,14H,1-2,5H2,(H,21,22)/t14-/m1/s1. The van der Waals surface area contributed by atoms with E-state index >= 15 is 0 Å². The summed E-state index contributed by atoms with van der Waals surface area (Å²) in [6.45, 7) is 0.744. The van der Waals surface area contributed by atoms with Gasteiger partial charge in [-0.3, -0.25) is 5.10 Å². The van der Waals surface area contributed by atoms with Crippen LogP contribution in [0.25, 0.3) is 5.82 Å². The molecule has 124 valence electrons. The molecule has 0 radical (unpaired) electrons. The van der Waals surface area contributed by atoms with E-state index in [4.69, 9.17) is 0 Å². The number of aromatic nitrogens is 4. The van der Waals surface area contributed by atoms with Crippen LogP contribution in [-0.2, 0) is 0 Å². The highest BCUT2D eigenvalue weighted by Gasteiger charge is 2.30. The third kappa shape index (κ3) is 2.71. The highest BCUT2D eigenvalue weighted by Crippen LogP contribution is 2.37. The third-order valence-electron chi connectivity index (χ3n) is 4.21. The monoisotopic (exact) mass is 393 g/mol. The molecule has 1 aromatic carbocycles. The number of H-pyrrole nitrogens is 1. The molecule has 3 heterocycles. The van der Waals surface area contributed by atoms with Crippen LogP contribution in [0, 0.1) is 11.6 Å². The van der Waals surface area contributed by atoms with Crippen molar-refractivity contribution in [2.45, 2.75) is 18.9 Å². The molecule has 1 N–H and O–H groups in total. The normalized spacial score (nSPS) is 17.6. The molecule has 0 aliphatic carbocycles. The van der Waals surface area contributed by atoms with Gasteiger partial charge in [-0.2, -0.15) is 10.2 Å². The molecule has 3 aromatic rings. The van der Waals surface area contributed by atoms with Gasteiger partial charge in [0.1, 0.15) is 11.6 Å². The molecule has 1 aliphatic rings. The highest BCUT2D eigenvalue weighted by molar-refractivity contribution is 9.10. The predicted octanol–water partition coefficient (Wildman–Crippen LogP) is 3.98. The molecule has 4 rings (SSSR count). The number of hydrogen-bond acceptors (Lipinski definition) is 3. The van der Waals surface area contributed by atoms with E-state index < -0.39 is 5.82 Å². The van der Waals surface area contributed by atoms with Gasteiger partial charge < -0.3 is 4.90 Å². The zero-order chi connectivity index (χ0) is 16.7. The zero-order valence-corrected chi connectivity index (χ0v) is 14.2. The first-order chi connectivity index (χ1) is 11.6. The molecule has 0 amide bonds. The number of halogens is 3. The Hall–Kier alpha value is -2.22. The van der Waals surface area contributed by atoms with Crippen LogP contribution in [0.4, 0.5) is 14.6 Å². The maximum Gasteiger partial charge on any atom is 0.153 e. The fraction of sp³-hybridized carbons (Fsp3) is 0.250. The van der Waals surface area contributed by atoms with Gasteiger partial charge in [-0.1, -0.05) is 0 Å². The van der Waals surface area contributed by atoms with Gasteiger partial charge in [0.05, 0.1) is 16.7 Å². The van der Waals surface area contributed by atoms with E-state index in [9.17, 15) is 8.78 Å². The van der Waals surface area contributed by atoms with Crippen molar-refractivity contribution in [1.29, 1.82) is 0 Å². The van der Waals surface area contributed by atoms with Crippen molar-refractivity contribution >= 4 is 21.7 Å². The van der Waals surface area contributed by atoms with Crippen LogP contribution in [0.1, 0.15) is 24.4 Å². The van der Waals surface area contributed by atoms with Crippen molar-refractivity contribution in [3.8, 4) is 5.82 Å². The second-order valence-corrected chi connectivity index (χ2v) is 6.65. The molecule has 2 aromatic heterocycles. The summed E-state index contributed by atoms with van der Waals surface area (Å²) < 4.78 is 30.2. The molecule has 1 fully saturated rings. The summed E-state index contributed by atoms with van der Waals surface area (Å²) in [6, 6.07) is 5.23. The van der Waals surface area contributed by atoms with Gasteiger partial charge in [-0.15, -0.1) is 0 Å². The lowest BCUT2D eigenvalue weighted by Gasteiger charge is -2.25. The number of benzene rings is 1. The number of hydrogen-bond donors (Lipinski definition) is 1. The van der Waals surface area contributed by atoms with Crippen molar-refractivity contribution in [1.82, 2.24) is 20.0 Å². The van der Waals surface area contributed by atoms with Gasteiger partial charge in [0.2, 0.25) is 0 Å². The van der Waals surface area contributed by atoms with E-state index in [1.807, 2.05) is 17.2 Å². The van der Waals surface area contributed by atoms with Crippen LogP contribution in [0.5, 0.6) is 0 Å². The zero-order valence-electron chi connectivity index (χ0n) is 12.6. The van der Waals surface area contributed by atoms with Crippen molar-refractivity contribution in [2.75, 3.05) is 11.4 Å². The van der Waals surface area contributed by atoms with Crippen LogP contribution < -0.4 is 4.90 Å². The molecule has 5 nitrogen and oxygen atoms in total. The van der Waals surface area contributed by atoms with Crippen LogP contribution >= 0.6 is 15.9 Å². The second-order valence-electron chi connectivity index (χ2n) is 5.73. The Morgan fingerprint density at radius 1 is 1.25 bits per heavy atom. The molecule has 0 bridgehead atoms. The molecule has 8 heteroatoms. The molecule has 1 saturated heterocycles. The highest BCUT2D eigenvalue weighted by atomic mass is 79.9. The van der Waals surface area contributed by atoms with E-state index in [-0.39, 0.29) is 11.9 Å². The third-order valence-corrected chi connectivity index (χ3v) is 4.62. The van der Waals surface area contributed by atoms with Gasteiger partial charge in [-0.05, 0) is 47.0 Å². The van der Waals surface area contributed by atoms with Crippen molar-refractivity contribution in [3.05, 3.63) is 58.3 Å². The lowest BCUT2D eigenvalue weighted by Crippen LogP contribution is -2.23. The van der Waals surface area contributed by atoms with E-state index in [0.717, 1.165) is 29.9 Å². The van der Waals surface area contributed by atoms with Gasteiger partial charge in [0, 0.05) is 24.4 Å². The minimum Gasteiger partial charge on any atom is -0.348 e. The fourth-order valence-corrected chi connectivity index (χ4v) is 3.42. The maximum atomic E-state index is 14.1. The summed E-state index contributed by atoms with van der Waals surface area (Å²) >= 11 is 3.35. The van der Waals surface area contributed by atoms with E-state index in [2.05, 4.69) is 31.2 Å². The van der Waals surface area contributed by atoms with Crippen molar-refractivity contribution in [3.63, 3.8) is 0 Å². The van der Waals surface area contributed by atoms with Crippen LogP contribution in [-0.4, -0.2) is 26.5 Å². The minimum absolute atomic E-state index is 0.221. The average molecular weight is 394 g/mol. The lowest BCUT2D eigenvalue weighted by molar-refractivity contribution is 0.560. The van der Waals surface area contributed by atoms with Crippen molar-refractivity contribution < 1.29 is 8.78 Å². The number of rotatable bonds is 3. The van der Waals surface area contributed by atoms with Gasteiger partial charge in [-0.25, -0.2) is 13.5 Å². The maximum absolute atomic E-state index is 14.1. The first-order valence-corrected chi connectivity index (χ1v) is 8.38. The van der Waals surface area contributed by atoms with Crippen molar-refractivity contribution in [2.24, 2.45) is 0 Å². The lowest BCUT2D eigenvalue weighted by atomic mass is 10.0. The SMILES string of the molecule is Fc1ccc(F)c([C@H]2CCCN2c2cc(-n3cc(Br)cn3)[nH]n2)c1. The summed E-state index contributed by atoms with van der Waals surface area (Å²) in [5.74, 6) is 0.589. The van der Waals surface area contributed by atoms with E-state index in [1.165, 1.54) is 12.1 Å². The first kappa shape index (κ1) is 15.3. The molecule has 24 heavy (non-hydrogen) atoms. The summed E-state index contributed by atoms with van der Waals surface area (Å²) in [4.78, 5) is 2.00. The van der Waals surface area contributed by atoms with Crippen LogP contribution in [0.2, 0.25) is 0 Å². The topological polar surface area (TPSA) is 49.7 Å². The largest absolute Gasteiger partial charge is 0.348 e. The Morgan fingerprint density at radius 3 is 2.92 bits per heavy atom. The van der Waals surface area contributed by atoms with Gasteiger partial charge in [0.25, 0.3) is 0 Å². The molecule has 1 aliphatic heterocycles. The second kappa shape index (κ2) is 6.01. The Bertz CT molecular complexity index is 875. The molecule has 1 atom stereocenters. The average Bonchev–Trinajstić information content (AvgIpc) is 3.28. The quantitative estimate of drug-likeness (QED) is 0.731. The van der Waals surface area contributed by atoms with Gasteiger partial charge >= 0.3 is 0 Å². The Morgan fingerprint density at radius 2 is 2.12 bits per heavy atom. The number of nitrogens with zero attached hydrogens (tertiary/aromatic N) is 4. The minimum atomic E-state index is -0.428. The molecular formula is C16H14BrF2N5. The van der Waals surface area contributed by atoms with Crippen LogP contribution in [0.3, 0.4) is 0 Å². The number of nitrogens with one attached hydrogen (secondary N) is 1. The Kier molecular flexibility index (Phi) is 3.84. The van der Waals surface area contributed by atoms with E-state index in [0.29, 0.717) is 17.2 Å².